The van der Waals surface area contributed by atoms with Crippen LogP contribution in [0, 0.1) is 0 Å². The summed E-state index contributed by atoms with van der Waals surface area (Å²) in [5, 5.41) is 2.99. The second-order valence-electron chi connectivity index (χ2n) is 5.70. The Morgan fingerprint density at radius 2 is 1.62 bits per heavy atom. The summed E-state index contributed by atoms with van der Waals surface area (Å²) in [6, 6.07) is 15.3. The number of carbonyl (C=O) groups is 1. The summed E-state index contributed by atoms with van der Waals surface area (Å²) in [4.78, 5) is 14.6. The molecule has 1 unspecified atom stereocenters. The fourth-order valence-electron chi connectivity index (χ4n) is 2.50. The van der Waals surface area contributed by atoms with E-state index in [1.54, 1.807) is 32.4 Å². The zero-order valence-corrected chi connectivity index (χ0v) is 14.6. The minimum absolute atomic E-state index is 0.0997. The molecule has 0 saturated heterocycles. The second-order valence-corrected chi connectivity index (χ2v) is 5.70. The molecule has 2 aromatic rings. The number of hydrogen-bond donors (Lipinski definition) is 1. The van der Waals surface area contributed by atoms with Crippen LogP contribution < -0.4 is 14.8 Å². The number of methoxy groups -OCH3 is 2. The van der Waals surface area contributed by atoms with Crippen molar-refractivity contribution in [2.45, 2.75) is 6.04 Å². The molecule has 1 atom stereocenters. The summed E-state index contributed by atoms with van der Waals surface area (Å²) in [7, 11) is 7.12. The van der Waals surface area contributed by atoms with Crippen molar-refractivity contribution >= 4 is 5.91 Å². The Hall–Kier alpha value is -2.53. The van der Waals surface area contributed by atoms with E-state index < -0.39 is 0 Å². The van der Waals surface area contributed by atoms with E-state index in [4.69, 9.17) is 9.47 Å². The lowest BCUT2D eigenvalue weighted by molar-refractivity contribution is 0.0941. The smallest absolute Gasteiger partial charge is 0.251 e. The predicted molar refractivity (Wildman–Crippen MR) is 94.7 cm³/mol. The lowest BCUT2D eigenvalue weighted by Crippen LogP contribution is -2.34. The first kappa shape index (κ1) is 17.8. The van der Waals surface area contributed by atoms with E-state index in [1.807, 2.05) is 32.3 Å². The van der Waals surface area contributed by atoms with Gasteiger partial charge < -0.3 is 19.7 Å². The van der Waals surface area contributed by atoms with Crippen LogP contribution in [0.15, 0.2) is 48.5 Å². The first-order valence-corrected chi connectivity index (χ1v) is 7.77. The first-order chi connectivity index (χ1) is 11.5. The third-order valence-electron chi connectivity index (χ3n) is 3.88. The molecule has 2 aromatic carbocycles. The van der Waals surface area contributed by atoms with Gasteiger partial charge in [-0.3, -0.25) is 4.79 Å². The zero-order chi connectivity index (χ0) is 17.5. The quantitative estimate of drug-likeness (QED) is 0.849. The largest absolute Gasteiger partial charge is 0.497 e. The van der Waals surface area contributed by atoms with E-state index in [0.717, 1.165) is 5.56 Å². The summed E-state index contributed by atoms with van der Waals surface area (Å²) in [6.07, 6.45) is 0. The van der Waals surface area contributed by atoms with Crippen LogP contribution in [0.25, 0.3) is 0 Å². The lowest BCUT2D eigenvalue weighted by Gasteiger charge is -2.25. The molecule has 128 valence electrons. The van der Waals surface area contributed by atoms with Crippen LogP contribution in [-0.2, 0) is 0 Å². The number of benzene rings is 2. The number of hydrogen-bond acceptors (Lipinski definition) is 4. The van der Waals surface area contributed by atoms with E-state index in [0.29, 0.717) is 23.6 Å². The predicted octanol–water partition coefficient (Wildman–Crippen LogP) is 2.74. The Balaban J connectivity index is 2.11. The van der Waals surface area contributed by atoms with Gasteiger partial charge in [0.2, 0.25) is 0 Å². The highest BCUT2D eigenvalue weighted by Gasteiger charge is 2.16. The number of nitrogens with zero attached hydrogens (tertiary/aromatic N) is 1. The van der Waals surface area contributed by atoms with Crippen molar-refractivity contribution in [2.75, 3.05) is 34.9 Å². The molecule has 0 fully saturated rings. The van der Waals surface area contributed by atoms with Gasteiger partial charge in [0.1, 0.15) is 11.5 Å². The number of carbonyl (C=O) groups excluding carboxylic acids is 1. The minimum Gasteiger partial charge on any atom is -0.497 e. The van der Waals surface area contributed by atoms with Gasteiger partial charge in [-0.1, -0.05) is 30.3 Å². The maximum absolute atomic E-state index is 12.5. The standard InChI is InChI=1S/C19H24N2O3/c1-21(2)18(14-8-6-5-7-9-14)13-20-19(22)15-10-16(23-3)12-17(11-15)24-4/h5-12,18H,13H2,1-4H3,(H,20,22). The van der Waals surface area contributed by atoms with Gasteiger partial charge in [-0.2, -0.15) is 0 Å². The van der Waals surface area contributed by atoms with E-state index in [1.165, 1.54) is 0 Å². The molecule has 2 rings (SSSR count). The molecule has 0 bridgehead atoms. The van der Waals surface area contributed by atoms with Gasteiger partial charge in [0.05, 0.1) is 20.3 Å². The molecule has 1 N–H and O–H groups in total. The van der Waals surface area contributed by atoms with Crippen molar-refractivity contribution in [3.8, 4) is 11.5 Å². The molecule has 0 aromatic heterocycles. The Morgan fingerprint density at radius 3 is 2.12 bits per heavy atom. The second kappa shape index (κ2) is 8.36. The van der Waals surface area contributed by atoms with Crippen molar-refractivity contribution in [1.29, 1.82) is 0 Å². The fraction of sp³-hybridized carbons (Fsp3) is 0.316. The Morgan fingerprint density at radius 1 is 1.04 bits per heavy atom. The molecule has 0 saturated carbocycles. The zero-order valence-electron chi connectivity index (χ0n) is 14.6. The summed E-state index contributed by atoms with van der Waals surface area (Å²) in [5.41, 5.74) is 1.67. The lowest BCUT2D eigenvalue weighted by atomic mass is 10.1. The van der Waals surface area contributed by atoms with Crippen molar-refractivity contribution < 1.29 is 14.3 Å². The van der Waals surface area contributed by atoms with Crippen LogP contribution in [0.1, 0.15) is 22.0 Å². The molecule has 0 spiro atoms. The molecule has 5 heteroatoms. The van der Waals surface area contributed by atoms with Gasteiger partial charge >= 0.3 is 0 Å². The topological polar surface area (TPSA) is 50.8 Å². The van der Waals surface area contributed by atoms with Crippen LogP contribution in [0.2, 0.25) is 0 Å². The van der Waals surface area contributed by atoms with Gasteiger partial charge in [-0.25, -0.2) is 0 Å². The van der Waals surface area contributed by atoms with Crippen LogP contribution in [0.4, 0.5) is 0 Å². The molecule has 0 aliphatic rings. The highest BCUT2D eigenvalue weighted by Crippen LogP contribution is 2.23. The van der Waals surface area contributed by atoms with Gasteiger partial charge in [0.15, 0.2) is 0 Å². The minimum atomic E-state index is -0.157. The summed E-state index contributed by atoms with van der Waals surface area (Å²) in [6.45, 7) is 0.509. The van der Waals surface area contributed by atoms with E-state index in [2.05, 4.69) is 22.3 Å². The Bertz CT molecular complexity index is 649. The average Bonchev–Trinajstić information content (AvgIpc) is 2.61. The van der Waals surface area contributed by atoms with Crippen molar-refractivity contribution in [1.82, 2.24) is 10.2 Å². The number of ether oxygens (including phenoxy) is 2. The number of amides is 1. The van der Waals surface area contributed by atoms with Crippen LogP contribution in [-0.4, -0.2) is 45.7 Å². The van der Waals surface area contributed by atoms with Gasteiger partial charge in [0, 0.05) is 18.2 Å². The van der Waals surface area contributed by atoms with Gasteiger partial charge in [-0.05, 0) is 31.8 Å². The number of rotatable bonds is 7. The fourth-order valence-corrected chi connectivity index (χ4v) is 2.50. The van der Waals surface area contributed by atoms with Crippen LogP contribution in [0.5, 0.6) is 11.5 Å². The SMILES string of the molecule is COc1cc(OC)cc(C(=O)NCC(c2ccccc2)N(C)C)c1. The first-order valence-electron chi connectivity index (χ1n) is 7.77. The number of likely N-dealkylation sites (N-methyl/N-ethyl adjacent to an activating group) is 1. The molecular weight excluding hydrogens is 304 g/mol. The van der Waals surface area contributed by atoms with Crippen LogP contribution >= 0.6 is 0 Å². The summed E-state index contributed by atoms with van der Waals surface area (Å²) in [5.74, 6) is 1.02. The third-order valence-corrected chi connectivity index (χ3v) is 3.88. The highest BCUT2D eigenvalue weighted by atomic mass is 16.5. The monoisotopic (exact) mass is 328 g/mol. The Labute approximate surface area is 143 Å². The third kappa shape index (κ3) is 4.49. The Kier molecular flexibility index (Phi) is 6.21. The van der Waals surface area contributed by atoms with Crippen molar-refractivity contribution in [2.24, 2.45) is 0 Å². The summed E-state index contributed by atoms with van der Waals surface area (Å²) >= 11 is 0. The van der Waals surface area contributed by atoms with Gasteiger partial charge in [0.25, 0.3) is 5.91 Å². The molecule has 24 heavy (non-hydrogen) atoms. The van der Waals surface area contributed by atoms with E-state index >= 15 is 0 Å². The molecule has 0 aliphatic heterocycles. The summed E-state index contributed by atoms with van der Waals surface area (Å²) < 4.78 is 10.4. The molecular formula is C19H24N2O3. The maximum atomic E-state index is 12.5. The highest BCUT2D eigenvalue weighted by molar-refractivity contribution is 5.95. The molecule has 5 nitrogen and oxygen atoms in total. The number of nitrogens with one attached hydrogen (secondary N) is 1. The molecule has 0 heterocycles. The molecule has 0 aliphatic carbocycles. The van der Waals surface area contributed by atoms with Crippen molar-refractivity contribution in [3.05, 3.63) is 59.7 Å². The van der Waals surface area contributed by atoms with E-state index in [9.17, 15) is 4.79 Å². The van der Waals surface area contributed by atoms with Crippen molar-refractivity contribution in [3.63, 3.8) is 0 Å². The van der Waals surface area contributed by atoms with E-state index in [-0.39, 0.29) is 11.9 Å². The van der Waals surface area contributed by atoms with Crippen LogP contribution in [0.3, 0.4) is 0 Å². The maximum Gasteiger partial charge on any atom is 0.251 e. The molecule has 0 radical (unpaired) electrons. The van der Waals surface area contributed by atoms with Gasteiger partial charge in [-0.15, -0.1) is 0 Å². The molecule has 1 amide bonds. The normalized spacial score (nSPS) is 11.9. The average molecular weight is 328 g/mol.